The minimum absolute atomic E-state index is 0.00814. The fourth-order valence-corrected chi connectivity index (χ4v) is 2.36. The summed E-state index contributed by atoms with van der Waals surface area (Å²) in [4.78, 5) is 33.7. The summed E-state index contributed by atoms with van der Waals surface area (Å²) in [5.41, 5.74) is 1.39. The number of anilines is 1. The van der Waals surface area contributed by atoms with E-state index < -0.39 is 16.8 Å². The van der Waals surface area contributed by atoms with Crippen LogP contribution >= 0.6 is 0 Å². The van der Waals surface area contributed by atoms with Crippen molar-refractivity contribution in [3.8, 4) is 5.75 Å². The lowest BCUT2D eigenvalue weighted by atomic mass is 10.1. The minimum Gasteiger partial charge on any atom is -0.496 e. The number of ether oxygens (including phenoxy) is 2. The summed E-state index contributed by atoms with van der Waals surface area (Å²) in [6, 6.07) is 13.0. The van der Waals surface area contributed by atoms with Crippen LogP contribution in [-0.2, 0) is 20.7 Å². The normalized spacial score (nSPS) is 10.0. The molecule has 9 nitrogen and oxygen atoms in total. The van der Waals surface area contributed by atoms with Gasteiger partial charge in [-0.2, -0.15) is 0 Å². The Bertz CT molecular complexity index is 823. The molecule has 2 aromatic rings. The number of benzene rings is 2. The van der Waals surface area contributed by atoms with Crippen LogP contribution in [0.1, 0.15) is 5.56 Å². The average Bonchev–Trinajstić information content (AvgIpc) is 2.70. The second-order valence-electron chi connectivity index (χ2n) is 5.73. The molecule has 2 aromatic carbocycles. The lowest BCUT2D eigenvalue weighted by molar-refractivity contribution is -0.384. The molecule has 0 atom stereocenters. The molecule has 2 N–H and O–H groups in total. The Hall–Kier alpha value is -3.62. The van der Waals surface area contributed by atoms with Gasteiger partial charge in [0.25, 0.3) is 11.6 Å². The molecule has 28 heavy (non-hydrogen) atoms. The van der Waals surface area contributed by atoms with Crippen LogP contribution in [0.4, 0.5) is 11.4 Å². The van der Waals surface area contributed by atoms with Crippen LogP contribution in [0.15, 0.2) is 48.5 Å². The molecule has 9 heteroatoms. The second-order valence-corrected chi connectivity index (χ2v) is 5.73. The third-order valence-electron chi connectivity index (χ3n) is 3.75. The number of hydrogen-bond donors (Lipinski definition) is 2. The molecule has 0 bridgehead atoms. The maximum Gasteiger partial charge on any atom is 0.310 e. The zero-order valence-electron chi connectivity index (χ0n) is 15.3. The molecule has 0 aliphatic rings. The summed E-state index contributed by atoms with van der Waals surface area (Å²) in [5.74, 6) is -0.358. The highest BCUT2D eigenvalue weighted by molar-refractivity contribution is 5.81. The zero-order chi connectivity index (χ0) is 20.4. The SMILES string of the molecule is COc1ccccc1CC(=O)OCC(=O)NCCNc1ccc([N+](=O)[O-])cc1. The van der Waals surface area contributed by atoms with Gasteiger partial charge < -0.3 is 20.1 Å². The van der Waals surface area contributed by atoms with E-state index >= 15 is 0 Å². The predicted octanol–water partition coefficient (Wildman–Crippen LogP) is 1.92. The molecule has 1 amide bonds. The standard InChI is InChI=1S/C19H21N3O6/c1-27-17-5-3-2-4-14(17)12-19(24)28-13-18(23)21-11-10-20-15-6-8-16(9-7-15)22(25)26/h2-9,20H,10-13H2,1H3,(H,21,23). The number of rotatable bonds is 10. The van der Waals surface area contributed by atoms with Crippen molar-refractivity contribution in [2.24, 2.45) is 0 Å². The summed E-state index contributed by atoms with van der Waals surface area (Å²) >= 11 is 0. The Kier molecular flexibility index (Phi) is 7.77. The van der Waals surface area contributed by atoms with E-state index in [9.17, 15) is 19.7 Å². The number of methoxy groups -OCH3 is 1. The largest absolute Gasteiger partial charge is 0.496 e. The van der Waals surface area contributed by atoms with E-state index in [1.807, 2.05) is 0 Å². The summed E-state index contributed by atoms with van der Waals surface area (Å²) in [5, 5.41) is 16.2. The van der Waals surface area contributed by atoms with Gasteiger partial charge in [0.05, 0.1) is 18.5 Å². The number of esters is 1. The molecule has 0 heterocycles. The van der Waals surface area contributed by atoms with Crippen LogP contribution in [-0.4, -0.2) is 43.6 Å². The highest BCUT2D eigenvalue weighted by atomic mass is 16.6. The van der Waals surface area contributed by atoms with Crippen molar-refractivity contribution in [1.82, 2.24) is 5.32 Å². The first-order valence-electron chi connectivity index (χ1n) is 8.52. The minimum atomic E-state index is -0.524. The summed E-state index contributed by atoms with van der Waals surface area (Å²) in [7, 11) is 1.52. The topological polar surface area (TPSA) is 120 Å². The van der Waals surface area contributed by atoms with Crippen LogP contribution in [0, 0.1) is 10.1 Å². The van der Waals surface area contributed by atoms with E-state index in [0.717, 1.165) is 0 Å². The molecule has 148 valence electrons. The molecule has 0 spiro atoms. The zero-order valence-corrected chi connectivity index (χ0v) is 15.3. The maximum absolute atomic E-state index is 11.9. The van der Waals surface area contributed by atoms with E-state index in [-0.39, 0.29) is 18.7 Å². The molecule has 0 aliphatic heterocycles. The van der Waals surface area contributed by atoms with Crippen LogP contribution in [0.3, 0.4) is 0 Å². The molecule has 0 saturated carbocycles. The van der Waals surface area contributed by atoms with Gasteiger partial charge >= 0.3 is 5.97 Å². The Morgan fingerprint density at radius 3 is 2.46 bits per heavy atom. The van der Waals surface area contributed by atoms with Crippen LogP contribution in [0.2, 0.25) is 0 Å². The van der Waals surface area contributed by atoms with E-state index in [2.05, 4.69) is 10.6 Å². The number of carbonyl (C=O) groups is 2. The van der Waals surface area contributed by atoms with E-state index in [0.29, 0.717) is 30.1 Å². The predicted molar refractivity (Wildman–Crippen MR) is 102 cm³/mol. The fourth-order valence-electron chi connectivity index (χ4n) is 2.36. The van der Waals surface area contributed by atoms with Crippen molar-refractivity contribution in [3.63, 3.8) is 0 Å². The van der Waals surface area contributed by atoms with E-state index in [1.165, 1.54) is 19.2 Å². The lowest BCUT2D eigenvalue weighted by Crippen LogP contribution is -2.32. The molecule has 0 radical (unpaired) electrons. The molecular weight excluding hydrogens is 366 g/mol. The first kappa shape index (κ1) is 20.7. The van der Waals surface area contributed by atoms with E-state index in [1.54, 1.807) is 36.4 Å². The summed E-state index contributed by atoms with van der Waals surface area (Å²) < 4.78 is 10.1. The van der Waals surface area contributed by atoms with Gasteiger partial charge in [-0.3, -0.25) is 19.7 Å². The van der Waals surface area contributed by atoms with Gasteiger partial charge in [0.15, 0.2) is 6.61 Å². The van der Waals surface area contributed by atoms with Crippen molar-refractivity contribution in [3.05, 3.63) is 64.2 Å². The second kappa shape index (κ2) is 10.5. The summed E-state index contributed by atoms with van der Waals surface area (Å²) in [6.45, 7) is 0.351. The smallest absolute Gasteiger partial charge is 0.310 e. The molecule has 0 unspecified atom stereocenters. The molecule has 0 aliphatic carbocycles. The van der Waals surface area contributed by atoms with E-state index in [4.69, 9.17) is 9.47 Å². The van der Waals surface area contributed by atoms with Crippen molar-refractivity contribution in [1.29, 1.82) is 0 Å². The quantitative estimate of drug-likeness (QED) is 0.277. The molecule has 2 rings (SSSR count). The van der Waals surface area contributed by atoms with Crippen molar-refractivity contribution < 1.29 is 24.0 Å². The van der Waals surface area contributed by atoms with Crippen molar-refractivity contribution in [2.75, 3.05) is 32.1 Å². The summed E-state index contributed by atoms with van der Waals surface area (Å²) in [6.07, 6.45) is 0.0129. The first-order valence-corrected chi connectivity index (χ1v) is 8.52. The van der Waals surface area contributed by atoms with Gasteiger partial charge in [-0.1, -0.05) is 18.2 Å². The Labute approximate surface area is 161 Å². The molecule has 0 saturated heterocycles. The number of hydrogen-bond acceptors (Lipinski definition) is 7. The number of para-hydroxylation sites is 1. The molecular formula is C19H21N3O6. The Morgan fingerprint density at radius 2 is 1.79 bits per heavy atom. The van der Waals surface area contributed by atoms with Gasteiger partial charge in [0.2, 0.25) is 0 Å². The molecule has 0 fully saturated rings. The third kappa shape index (κ3) is 6.60. The monoisotopic (exact) mass is 387 g/mol. The number of nitrogens with one attached hydrogen (secondary N) is 2. The fraction of sp³-hybridized carbons (Fsp3) is 0.263. The number of nitrogens with zero attached hydrogens (tertiary/aromatic N) is 1. The first-order chi connectivity index (χ1) is 13.5. The highest BCUT2D eigenvalue weighted by Gasteiger charge is 2.11. The van der Waals surface area contributed by atoms with Crippen LogP contribution in [0.25, 0.3) is 0 Å². The van der Waals surface area contributed by atoms with Crippen LogP contribution < -0.4 is 15.4 Å². The number of nitro benzene ring substituents is 1. The Balaban J connectivity index is 1.64. The number of carbonyl (C=O) groups excluding carboxylic acids is 2. The van der Waals surface area contributed by atoms with Gasteiger partial charge in [0, 0.05) is 36.5 Å². The van der Waals surface area contributed by atoms with Gasteiger partial charge in [-0.15, -0.1) is 0 Å². The van der Waals surface area contributed by atoms with Gasteiger partial charge in [-0.05, 0) is 18.2 Å². The van der Waals surface area contributed by atoms with Gasteiger partial charge in [0.1, 0.15) is 5.75 Å². The number of amides is 1. The van der Waals surface area contributed by atoms with Crippen molar-refractivity contribution >= 4 is 23.3 Å². The average molecular weight is 387 g/mol. The lowest BCUT2D eigenvalue weighted by Gasteiger charge is -2.10. The van der Waals surface area contributed by atoms with Gasteiger partial charge in [-0.25, -0.2) is 0 Å². The third-order valence-corrected chi connectivity index (χ3v) is 3.75. The Morgan fingerprint density at radius 1 is 1.07 bits per heavy atom. The number of non-ortho nitro benzene ring substituents is 1. The maximum atomic E-state index is 11.9. The molecule has 0 aromatic heterocycles. The van der Waals surface area contributed by atoms with Crippen LogP contribution in [0.5, 0.6) is 5.75 Å². The van der Waals surface area contributed by atoms with Crippen molar-refractivity contribution in [2.45, 2.75) is 6.42 Å². The highest BCUT2D eigenvalue weighted by Crippen LogP contribution is 2.18. The number of nitro groups is 1.